The zero-order valence-electron chi connectivity index (χ0n) is 14.4. The number of ether oxygens (including phenoxy) is 1. The summed E-state index contributed by atoms with van der Waals surface area (Å²) in [7, 11) is 0. The highest BCUT2D eigenvalue weighted by atomic mass is 35.5. The largest absolute Gasteiger partial charge is 0.505 e. The Hall–Kier alpha value is -2.27. The van der Waals surface area contributed by atoms with Gasteiger partial charge in [0.15, 0.2) is 6.29 Å². The van der Waals surface area contributed by atoms with Crippen molar-refractivity contribution in [2.45, 2.75) is 44.6 Å². The molecule has 2 aromatic rings. The highest BCUT2D eigenvalue weighted by Crippen LogP contribution is 2.40. The van der Waals surface area contributed by atoms with E-state index in [4.69, 9.17) is 16.3 Å². The molecule has 26 heavy (non-hydrogen) atoms. The van der Waals surface area contributed by atoms with E-state index < -0.39 is 0 Å². The molecule has 0 radical (unpaired) electrons. The molecular formula is C20H21ClN2O3. The van der Waals surface area contributed by atoms with Crippen LogP contribution in [0.25, 0.3) is 5.57 Å². The second kappa shape index (κ2) is 7.16. The van der Waals surface area contributed by atoms with Crippen LogP contribution in [0.4, 0.5) is 0 Å². The fraction of sp³-hybridized carbons (Fsp3) is 0.400. The number of aldehydes is 1. The van der Waals surface area contributed by atoms with Crippen LogP contribution < -0.4 is 4.74 Å². The first-order chi connectivity index (χ1) is 12.7. The SMILES string of the molecule is O=Cc1c(OCC2=C(c3ccnn3C3CC3)CCCC2)ccc(Cl)c1O. The smallest absolute Gasteiger partial charge is 0.157 e. The number of aromatic hydroxyl groups is 1. The molecule has 1 N–H and O–H groups in total. The average molecular weight is 373 g/mol. The van der Waals surface area contributed by atoms with Crippen molar-refractivity contribution in [1.29, 1.82) is 0 Å². The van der Waals surface area contributed by atoms with Crippen LogP contribution in [0.3, 0.4) is 0 Å². The maximum absolute atomic E-state index is 11.3. The number of allylic oxidation sites excluding steroid dienone is 1. The summed E-state index contributed by atoms with van der Waals surface area (Å²) in [6.45, 7) is 0.396. The molecule has 4 rings (SSSR count). The van der Waals surface area contributed by atoms with E-state index in [1.54, 1.807) is 6.07 Å². The number of carbonyl (C=O) groups is 1. The van der Waals surface area contributed by atoms with Crippen molar-refractivity contribution in [2.75, 3.05) is 6.61 Å². The van der Waals surface area contributed by atoms with Gasteiger partial charge in [-0.1, -0.05) is 11.6 Å². The van der Waals surface area contributed by atoms with Gasteiger partial charge in [-0.05, 0) is 67.9 Å². The van der Waals surface area contributed by atoms with Crippen LogP contribution in [0.5, 0.6) is 11.5 Å². The zero-order valence-corrected chi connectivity index (χ0v) is 15.2. The number of benzene rings is 1. The molecule has 6 heteroatoms. The Morgan fingerprint density at radius 1 is 1.27 bits per heavy atom. The third-order valence-electron chi connectivity index (χ3n) is 5.10. The molecule has 0 aliphatic heterocycles. The Morgan fingerprint density at radius 2 is 2.08 bits per heavy atom. The lowest BCUT2D eigenvalue weighted by atomic mass is 9.90. The molecule has 1 fully saturated rings. The number of phenols is 1. The number of nitrogens with zero attached hydrogens (tertiary/aromatic N) is 2. The monoisotopic (exact) mass is 372 g/mol. The molecule has 0 amide bonds. The number of hydrogen-bond donors (Lipinski definition) is 1. The van der Waals surface area contributed by atoms with Gasteiger partial charge in [-0.15, -0.1) is 0 Å². The Morgan fingerprint density at radius 3 is 2.85 bits per heavy atom. The number of hydrogen-bond acceptors (Lipinski definition) is 4. The van der Waals surface area contributed by atoms with E-state index in [0.29, 0.717) is 24.7 Å². The maximum Gasteiger partial charge on any atom is 0.157 e. The van der Waals surface area contributed by atoms with Gasteiger partial charge in [0.2, 0.25) is 0 Å². The molecule has 0 spiro atoms. The molecule has 5 nitrogen and oxygen atoms in total. The third kappa shape index (κ3) is 3.23. The van der Waals surface area contributed by atoms with E-state index in [9.17, 15) is 9.90 Å². The topological polar surface area (TPSA) is 64.3 Å². The maximum atomic E-state index is 11.3. The molecule has 0 saturated heterocycles. The van der Waals surface area contributed by atoms with Gasteiger partial charge in [-0.3, -0.25) is 9.48 Å². The van der Waals surface area contributed by atoms with Crippen LogP contribution in [-0.4, -0.2) is 27.8 Å². The zero-order chi connectivity index (χ0) is 18.1. The molecular weight excluding hydrogens is 352 g/mol. The number of halogens is 1. The normalized spacial score (nSPS) is 17.4. The minimum absolute atomic E-state index is 0.0958. The second-order valence-corrected chi connectivity index (χ2v) is 7.30. The number of rotatable bonds is 6. The summed E-state index contributed by atoms with van der Waals surface area (Å²) in [6.07, 6.45) is 9.12. The van der Waals surface area contributed by atoms with E-state index in [2.05, 4.69) is 15.8 Å². The van der Waals surface area contributed by atoms with Gasteiger partial charge in [-0.25, -0.2) is 0 Å². The Labute approximate surface area is 157 Å². The summed E-state index contributed by atoms with van der Waals surface area (Å²) in [5.41, 5.74) is 3.84. The van der Waals surface area contributed by atoms with E-state index >= 15 is 0 Å². The van der Waals surface area contributed by atoms with Crippen molar-refractivity contribution in [3.63, 3.8) is 0 Å². The number of aromatic nitrogens is 2. The van der Waals surface area contributed by atoms with E-state index in [1.165, 1.54) is 35.7 Å². The summed E-state index contributed by atoms with van der Waals surface area (Å²) in [6, 6.07) is 5.79. The molecule has 1 aromatic heterocycles. The Bertz CT molecular complexity index is 868. The highest BCUT2D eigenvalue weighted by molar-refractivity contribution is 6.32. The van der Waals surface area contributed by atoms with Gasteiger partial charge in [0, 0.05) is 6.20 Å². The third-order valence-corrected chi connectivity index (χ3v) is 5.41. The van der Waals surface area contributed by atoms with E-state index in [-0.39, 0.29) is 16.3 Å². The molecule has 136 valence electrons. The fourth-order valence-corrected chi connectivity index (χ4v) is 3.73. The molecule has 2 aliphatic rings. The molecule has 1 saturated carbocycles. The van der Waals surface area contributed by atoms with E-state index in [0.717, 1.165) is 25.7 Å². The first-order valence-corrected chi connectivity index (χ1v) is 9.41. The second-order valence-electron chi connectivity index (χ2n) is 6.90. The first-order valence-electron chi connectivity index (χ1n) is 9.03. The van der Waals surface area contributed by atoms with Gasteiger partial charge in [0.05, 0.1) is 22.3 Å². The minimum atomic E-state index is -0.233. The summed E-state index contributed by atoms with van der Waals surface area (Å²) < 4.78 is 8.05. The average Bonchev–Trinajstić information content (AvgIpc) is 3.39. The lowest BCUT2D eigenvalue weighted by molar-refractivity contribution is 0.111. The number of phenolic OH excluding ortho intramolecular Hbond substituents is 1. The standard InChI is InChI=1S/C20H21ClN2O3/c21-17-7-8-19(16(11-24)20(17)25)26-12-13-3-1-2-4-15(13)18-9-10-22-23(18)14-5-6-14/h7-11,14,25H,1-6,12H2. The summed E-state index contributed by atoms with van der Waals surface area (Å²) in [5.74, 6) is 0.124. The fourth-order valence-electron chi connectivity index (χ4n) is 3.57. The van der Waals surface area contributed by atoms with Crippen LogP contribution in [0.15, 0.2) is 30.0 Å². The molecule has 0 unspecified atom stereocenters. The molecule has 1 heterocycles. The van der Waals surface area contributed by atoms with Gasteiger partial charge < -0.3 is 9.84 Å². The molecule has 0 bridgehead atoms. The van der Waals surface area contributed by atoms with Gasteiger partial charge in [0.25, 0.3) is 0 Å². The van der Waals surface area contributed by atoms with Crippen molar-refractivity contribution < 1.29 is 14.6 Å². The van der Waals surface area contributed by atoms with Crippen LogP contribution in [0, 0.1) is 0 Å². The molecule has 2 aliphatic carbocycles. The van der Waals surface area contributed by atoms with Gasteiger partial charge >= 0.3 is 0 Å². The van der Waals surface area contributed by atoms with E-state index in [1.807, 2.05) is 6.20 Å². The van der Waals surface area contributed by atoms with Crippen molar-refractivity contribution in [1.82, 2.24) is 9.78 Å². The Kier molecular flexibility index (Phi) is 4.72. The van der Waals surface area contributed by atoms with Crippen LogP contribution >= 0.6 is 11.6 Å². The summed E-state index contributed by atoms with van der Waals surface area (Å²) in [4.78, 5) is 11.3. The Balaban J connectivity index is 1.61. The summed E-state index contributed by atoms with van der Waals surface area (Å²) >= 11 is 5.87. The highest BCUT2D eigenvalue weighted by Gasteiger charge is 2.28. The predicted octanol–water partition coefficient (Wildman–Crippen LogP) is 4.80. The first kappa shape index (κ1) is 17.2. The molecule has 1 aromatic carbocycles. The van der Waals surface area contributed by atoms with Crippen molar-refractivity contribution in [3.05, 3.63) is 46.2 Å². The van der Waals surface area contributed by atoms with Gasteiger partial charge in [0.1, 0.15) is 18.1 Å². The lowest BCUT2D eigenvalue weighted by Crippen LogP contribution is -2.12. The van der Waals surface area contributed by atoms with Crippen molar-refractivity contribution in [2.24, 2.45) is 0 Å². The van der Waals surface area contributed by atoms with Crippen molar-refractivity contribution in [3.8, 4) is 11.5 Å². The summed E-state index contributed by atoms with van der Waals surface area (Å²) in [5, 5.41) is 14.6. The van der Waals surface area contributed by atoms with Crippen LogP contribution in [0.2, 0.25) is 5.02 Å². The quantitative estimate of drug-likeness (QED) is 0.740. The van der Waals surface area contributed by atoms with Crippen molar-refractivity contribution >= 4 is 23.5 Å². The number of carbonyl (C=O) groups excluding carboxylic acids is 1. The van der Waals surface area contributed by atoms with Crippen LogP contribution in [-0.2, 0) is 0 Å². The van der Waals surface area contributed by atoms with Crippen LogP contribution in [0.1, 0.15) is 60.6 Å². The van der Waals surface area contributed by atoms with Gasteiger partial charge in [-0.2, -0.15) is 5.10 Å². The predicted molar refractivity (Wildman–Crippen MR) is 99.9 cm³/mol. The molecule has 0 atom stereocenters. The lowest BCUT2D eigenvalue weighted by Gasteiger charge is -2.22. The minimum Gasteiger partial charge on any atom is -0.505 e.